The third-order valence-electron chi connectivity index (χ3n) is 11.5. The Labute approximate surface area is 330 Å². The molecule has 0 radical (unpaired) electrons. The van der Waals surface area contributed by atoms with E-state index in [1.807, 2.05) is 35.9 Å². The fourth-order valence-corrected chi connectivity index (χ4v) is 9.30. The lowest BCUT2D eigenvalue weighted by Crippen LogP contribution is -2.45. The van der Waals surface area contributed by atoms with E-state index >= 15 is 0 Å². The van der Waals surface area contributed by atoms with E-state index in [2.05, 4.69) is 67.9 Å². The molecule has 5 heterocycles. The molecule has 0 saturated carbocycles. The number of aromatic nitrogens is 2. The highest BCUT2D eigenvalue weighted by Gasteiger charge is 2.33. The molecule has 0 spiro atoms. The van der Waals surface area contributed by atoms with Crippen molar-refractivity contribution in [2.75, 3.05) is 61.6 Å². The Morgan fingerprint density at radius 2 is 1.82 bits per heavy atom. The second-order valence-corrected chi connectivity index (χ2v) is 17.2. The van der Waals surface area contributed by atoms with Gasteiger partial charge in [0.05, 0.1) is 22.3 Å². The van der Waals surface area contributed by atoms with Gasteiger partial charge in [0, 0.05) is 86.9 Å². The van der Waals surface area contributed by atoms with Gasteiger partial charge in [-0.2, -0.15) is 0 Å². The maximum absolute atomic E-state index is 13.8. The monoisotopic (exact) mass is 776 g/mol. The smallest absolute Gasteiger partial charge is 0.266 e. The molecule has 294 valence electrons. The van der Waals surface area contributed by atoms with E-state index in [1.54, 1.807) is 24.4 Å². The predicted molar refractivity (Wildman–Crippen MR) is 222 cm³/mol. The molecular formula is C43H50N7O5S-. The average Bonchev–Trinajstić information content (AvgIpc) is 3.68. The molecule has 5 aromatic rings. The zero-order valence-electron chi connectivity index (χ0n) is 32.0. The Morgan fingerprint density at radius 3 is 2.64 bits per heavy atom. The van der Waals surface area contributed by atoms with Gasteiger partial charge in [0.25, 0.3) is 5.91 Å². The number of benzene rings is 3. The van der Waals surface area contributed by atoms with Gasteiger partial charge in [0.1, 0.15) is 17.1 Å². The number of anilines is 3. The minimum absolute atomic E-state index is 0.122. The van der Waals surface area contributed by atoms with Crippen molar-refractivity contribution in [2.45, 2.75) is 56.4 Å². The van der Waals surface area contributed by atoms with Crippen LogP contribution in [0.15, 0.2) is 90.1 Å². The van der Waals surface area contributed by atoms with Crippen LogP contribution in [0.5, 0.6) is 11.5 Å². The van der Waals surface area contributed by atoms with E-state index in [-0.39, 0.29) is 21.6 Å². The second kappa shape index (κ2) is 16.6. The van der Waals surface area contributed by atoms with Gasteiger partial charge < -0.3 is 35.4 Å². The van der Waals surface area contributed by atoms with Crippen LogP contribution in [0.3, 0.4) is 0 Å². The molecule has 56 heavy (non-hydrogen) atoms. The third-order valence-corrected chi connectivity index (χ3v) is 12.5. The van der Waals surface area contributed by atoms with Crippen LogP contribution in [0.4, 0.5) is 17.1 Å². The van der Waals surface area contributed by atoms with Crippen molar-refractivity contribution < 1.29 is 18.5 Å². The Morgan fingerprint density at radius 1 is 1.00 bits per heavy atom. The largest absolute Gasteiger partial charge is 0.761 e. The molecule has 0 aliphatic carbocycles. The van der Waals surface area contributed by atoms with Crippen LogP contribution in [0, 0.1) is 17.0 Å². The summed E-state index contributed by atoms with van der Waals surface area (Å²) in [4.78, 5) is 26.6. The summed E-state index contributed by atoms with van der Waals surface area (Å²) in [6, 6.07) is 23.0. The molecule has 3 aliphatic rings. The number of hydrogen-bond acceptors (Lipinski definition) is 10. The first-order chi connectivity index (χ1) is 27.2. The molecule has 2 fully saturated rings. The summed E-state index contributed by atoms with van der Waals surface area (Å²) in [5.74, 6) is 1.28. The van der Waals surface area contributed by atoms with Gasteiger partial charge >= 0.3 is 0 Å². The van der Waals surface area contributed by atoms with Crippen molar-refractivity contribution in [2.24, 2.45) is 11.8 Å². The quantitative estimate of drug-likeness (QED) is 0.0937. The van der Waals surface area contributed by atoms with Crippen molar-refractivity contribution in [1.29, 1.82) is 0 Å². The maximum Gasteiger partial charge on any atom is 0.266 e. The number of carbonyl (C=O) groups is 1. The highest BCUT2D eigenvalue weighted by atomic mass is 32.2. The summed E-state index contributed by atoms with van der Waals surface area (Å²) in [6.45, 7) is 11.8. The number of amides is 1. The molecule has 1 atom stereocenters. The lowest BCUT2D eigenvalue weighted by molar-refractivity contribution is 0.0699. The summed E-state index contributed by atoms with van der Waals surface area (Å²) in [5, 5.41) is 16.1. The molecule has 3 aliphatic heterocycles. The first kappa shape index (κ1) is 37.9. The van der Waals surface area contributed by atoms with Gasteiger partial charge in [0.2, 0.25) is 0 Å². The zero-order valence-corrected chi connectivity index (χ0v) is 32.8. The molecule has 1 amide bonds. The van der Waals surface area contributed by atoms with Gasteiger partial charge in [-0.25, -0.2) is 9.19 Å². The molecule has 4 N–H and O–H groups in total. The SMILES string of the molecule is CC1(C)CN(CC2CCN(c3ccc(C(=O)NS(=O)c4ccc(NCC5CCOCC5)c(N[O-])c4)c(Oc4cnc5[nH]ccc5c4)c3)CC2)Cc2ccccc21. The minimum atomic E-state index is -1.95. The average molecular weight is 777 g/mol. The van der Waals surface area contributed by atoms with Crippen molar-refractivity contribution in [3.63, 3.8) is 0 Å². The molecule has 1 unspecified atom stereocenters. The second-order valence-electron chi connectivity index (χ2n) is 16.0. The van der Waals surface area contributed by atoms with Crippen LogP contribution in [-0.2, 0) is 27.7 Å². The standard InChI is InChI=1S/C43H50N7O5S/c1-43(2)28-49(27-32-5-3-4-6-37(32)43)26-30-12-17-50(18-13-30)33-7-9-36(40(22-33)55-34-21-31-11-16-44-41(31)46-25-34)42(51)48-56(53)35-8-10-38(39(23-35)47-52)45-24-29-14-19-54-20-15-29/h3-11,16,21-23,25,29-30,45,47H,12-15,17-20,24,26-28H2,1-2H3,(H,44,46)(H,48,51)/q-1. The number of ether oxygens (including phenoxy) is 2. The number of H-pyrrole nitrogens is 1. The number of aromatic amines is 1. The number of carbonyl (C=O) groups excluding carboxylic acids is 1. The summed E-state index contributed by atoms with van der Waals surface area (Å²) < 4.78 is 28.0. The third kappa shape index (κ3) is 8.56. The minimum Gasteiger partial charge on any atom is -0.761 e. The van der Waals surface area contributed by atoms with E-state index in [9.17, 15) is 14.2 Å². The van der Waals surface area contributed by atoms with E-state index in [4.69, 9.17) is 9.47 Å². The fourth-order valence-electron chi connectivity index (χ4n) is 8.49. The van der Waals surface area contributed by atoms with Gasteiger partial charge in [-0.15, -0.1) is 0 Å². The number of nitrogens with zero attached hydrogens (tertiary/aromatic N) is 3. The molecule has 2 saturated heterocycles. The van der Waals surface area contributed by atoms with E-state index in [0.29, 0.717) is 35.6 Å². The maximum atomic E-state index is 13.8. The zero-order chi connectivity index (χ0) is 38.6. The number of fused-ring (bicyclic) bond motifs is 2. The summed E-state index contributed by atoms with van der Waals surface area (Å²) in [5.41, 5.74) is 7.77. The van der Waals surface area contributed by atoms with Gasteiger partial charge in [-0.05, 0) is 91.1 Å². The van der Waals surface area contributed by atoms with Crippen LogP contribution < -0.4 is 25.2 Å². The summed E-state index contributed by atoms with van der Waals surface area (Å²) in [7, 11) is -1.95. The number of hydrogen-bond donors (Lipinski definition) is 4. The first-order valence-electron chi connectivity index (χ1n) is 19.6. The molecule has 8 rings (SSSR count). The number of nitrogens with one attached hydrogen (secondary N) is 4. The fraction of sp³-hybridized carbons (Fsp3) is 0.395. The van der Waals surface area contributed by atoms with Crippen LogP contribution >= 0.6 is 0 Å². The van der Waals surface area contributed by atoms with Crippen molar-refractivity contribution in [1.82, 2.24) is 19.6 Å². The molecule has 3 aromatic carbocycles. The normalized spacial score (nSPS) is 18.3. The number of piperidine rings is 1. The highest BCUT2D eigenvalue weighted by Crippen LogP contribution is 2.36. The van der Waals surface area contributed by atoms with E-state index in [1.165, 1.54) is 17.2 Å². The van der Waals surface area contributed by atoms with Crippen molar-refractivity contribution in [3.05, 3.63) is 107 Å². The number of rotatable bonds is 12. The Balaban J connectivity index is 0.957. The summed E-state index contributed by atoms with van der Waals surface area (Å²) >= 11 is 0. The molecule has 2 aromatic heterocycles. The van der Waals surface area contributed by atoms with Crippen LogP contribution in [-0.4, -0.2) is 70.9 Å². The lowest BCUT2D eigenvalue weighted by atomic mass is 9.78. The number of pyridine rings is 1. The van der Waals surface area contributed by atoms with E-state index < -0.39 is 16.9 Å². The molecule has 12 nitrogen and oxygen atoms in total. The summed E-state index contributed by atoms with van der Waals surface area (Å²) in [6.07, 6.45) is 7.47. The molecule has 0 bridgehead atoms. The Hall–Kier alpha value is -4.95. The van der Waals surface area contributed by atoms with Gasteiger partial charge in [0.15, 0.2) is 11.0 Å². The van der Waals surface area contributed by atoms with Crippen LogP contribution in [0.25, 0.3) is 11.0 Å². The topological polar surface area (TPSA) is 147 Å². The van der Waals surface area contributed by atoms with Gasteiger partial charge in [-0.3, -0.25) is 14.4 Å². The lowest BCUT2D eigenvalue weighted by Gasteiger charge is -2.42. The van der Waals surface area contributed by atoms with Crippen LogP contribution in [0.2, 0.25) is 0 Å². The first-order valence-corrected chi connectivity index (χ1v) is 20.7. The van der Waals surface area contributed by atoms with E-state index in [0.717, 1.165) is 88.3 Å². The Bertz CT molecular complexity index is 2190. The molecular weight excluding hydrogens is 727 g/mol. The van der Waals surface area contributed by atoms with Crippen LogP contribution in [0.1, 0.15) is 61.0 Å². The Kier molecular flexibility index (Phi) is 11.3. The predicted octanol–water partition coefficient (Wildman–Crippen LogP) is 7.57. The van der Waals surface area contributed by atoms with Crippen molar-refractivity contribution in [3.8, 4) is 11.5 Å². The molecule has 13 heteroatoms. The highest BCUT2D eigenvalue weighted by molar-refractivity contribution is 7.83. The van der Waals surface area contributed by atoms with Gasteiger partial charge in [-0.1, -0.05) is 38.1 Å². The van der Waals surface area contributed by atoms with Crippen molar-refractivity contribution >= 4 is 45.0 Å².